The van der Waals surface area contributed by atoms with E-state index in [-0.39, 0.29) is 22.9 Å². The smallest absolute Gasteiger partial charge is 0.328 e. The number of aromatic amines is 5. The summed E-state index contributed by atoms with van der Waals surface area (Å²) in [6, 6.07) is 7.38. The quantitative estimate of drug-likeness (QED) is 0.287. The van der Waals surface area contributed by atoms with Crippen LogP contribution in [0.4, 0.5) is 0 Å². The number of H-pyrrole nitrogens is 5. The predicted molar refractivity (Wildman–Crippen MR) is 94.7 cm³/mol. The van der Waals surface area contributed by atoms with Crippen LogP contribution < -0.4 is 27.2 Å². The number of rotatable bonds is 1. The van der Waals surface area contributed by atoms with Gasteiger partial charge in [-0.05, 0) is 11.6 Å². The van der Waals surface area contributed by atoms with Crippen molar-refractivity contribution in [1.29, 1.82) is 0 Å². The van der Waals surface area contributed by atoms with Gasteiger partial charge in [-0.3, -0.25) is 29.5 Å². The Hall–Kier alpha value is -4.08. The van der Waals surface area contributed by atoms with Crippen LogP contribution >= 0.6 is 0 Å². The standard InChI is InChI=1S/C17H11N5O5/c23-12-10-9(7-5-18-8-4-2-1-3-6(7)8)11-13(24)20-17(26)22-15(11)27-14(10)21-16(25)19-12/h1-5,9,18H,(H2,19,21,23,25)(H2,20,22,24,26). The second-order valence-corrected chi connectivity index (χ2v) is 6.13. The number of para-hydroxylation sites is 1. The van der Waals surface area contributed by atoms with Crippen molar-refractivity contribution in [2.45, 2.75) is 5.92 Å². The molecule has 5 rings (SSSR count). The summed E-state index contributed by atoms with van der Waals surface area (Å²) in [4.78, 5) is 60.7. The molecule has 134 valence electrons. The molecule has 10 heteroatoms. The number of nitrogens with one attached hydrogen (secondary N) is 5. The topological polar surface area (TPSA) is 156 Å². The van der Waals surface area contributed by atoms with Crippen molar-refractivity contribution in [1.82, 2.24) is 24.9 Å². The molecule has 0 saturated heterocycles. The Balaban J connectivity index is 1.94. The van der Waals surface area contributed by atoms with Crippen molar-refractivity contribution < 1.29 is 4.74 Å². The molecule has 10 nitrogen and oxygen atoms in total. The molecule has 0 bridgehead atoms. The SMILES string of the molecule is O=c1[nH]c2c(c(=O)[nH]1)C(c1c[nH]c3ccccc13)c1c([nH]c(=O)[nH]c1=O)O2. The maximum Gasteiger partial charge on any atom is 0.328 e. The van der Waals surface area contributed by atoms with Crippen LogP contribution in [0.2, 0.25) is 0 Å². The zero-order chi connectivity index (χ0) is 18.7. The van der Waals surface area contributed by atoms with Crippen molar-refractivity contribution in [3.63, 3.8) is 0 Å². The van der Waals surface area contributed by atoms with Gasteiger partial charge in [-0.1, -0.05) is 18.2 Å². The summed E-state index contributed by atoms with van der Waals surface area (Å²) in [7, 11) is 0. The van der Waals surface area contributed by atoms with E-state index in [0.717, 1.165) is 10.9 Å². The number of aromatic nitrogens is 5. The largest absolute Gasteiger partial charge is 0.423 e. The van der Waals surface area contributed by atoms with Crippen molar-refractivity contribution in [3.8, 4) is 11.8 Å². The summed E-state index contributed by atoms with van der Waals surface area (Å²) < 4.78 is 5.48. The molecular weight excluding hydrogens is 354 g/mol. The van der Waals surface area contributed by atoms with Crippen molar-refractivity contribution in [2.75, 3.05) is 0 Å². The highest BCUT2D eigenvalue weighted by atomic mass is 16.5. The Labute approximate surface area is 147 Å². The van der Waals surface area contributed by atoms with Gasteiger partial charge in [-0.25, -0.2) is 9.59 Å². The Morgan fingerprint density at radius 1 is 0.778 bits per heavy atom. The Morgan fingerprint density at radius 3 is 2.00 bits per heavy atom. The molecule has 3 aromatic heterocycles. The second-order valence-electron chi connectivity index (χ2n) is 6.13. The first-order chi connectivity index (χ1) is 13.0. The predicted octanol–water partition coefficient (Wildman–Crippen LogP) is 0.207. The molecule has 1 aliphatic rings. The molecule has 0 fully saturated rings. The van der Waals surface area contributed by atoms with Crippen molar-refractivity contribution in [2.24, 2.45) is 0 Å². The minimum atomic E-state index is -0.860. The Bertz CT molecular complexity index is 1380. The van der Waals surface area contributed by atoms with E-state index < -0.39 is 28.4 Å². The number of fused-ring (bicyclic) bond motifs is 3. The van der Waals surface area contributed by atoms with Crippen LogP contribution in [-0.4, -0.2) is 24.9 Å². The highest BCUT2D eigenvalue weighted by molar-refractivity contribution is 5.85. The fraction of sp³-hybridized carbons (Fsp3) is 0.0588. The molecule has 0 amide bonds. The molecular formula is C17H11N5O5. The second kappa shape index (κ2) is 5.21. The van der Waals surface area contributed by atoms with Crippen LogP contribution in [-0.2, 0) is 0 Å². The average molecular weight is 365 g/mol. The summed E-state index contributed by atoms with van der Waals surface area (Å²) in [6.45, 7) is 0. The molecule has 0 atom stereocenters. The summed E-state index contributed by atoms with van der Waals surface area (Å²) in [5.74, 6) is -1.10. The lowest BCUT2D eigenvalue weighted by Crippen LogP contribution is -2.36. The highest BCUT2D eigenvalue weighted by Crippen LogP contribution is 2.43. The van der Waals surface area contributed by atoms with Crippen LogP contribution in [0.15, 0.2) is 49.6 Å². The van der Waals surface area contributed by atoms with Gasteiger partial charge < -0.3 is 9.72 Å². The molecule has 0 radical (unpaired) electrons. The third kappa shape index (κ3) is 2.13. The number of benzene rings is 1. The van der Waals surface area contributed by atoms with E-state index in [1.54, 1.807) is 6.20 Å². The van der Waals surface area contributed by atoms with E-state index in [1.807, 2.05) is 24.3 Å². The lowest BCUT2D eigenvalue weighted by Gasteiger charge is -2.25. The zero-order valence-corrected chi connectivity index (χ0v) is 13.5. The molecule has 0 aliphatic carbocycles. The van der Waals surface area contributed by atoms with Crippen LogP contribution in [0.5, 0.6) is 11.8 Å². The third-order valence-electron chi connectivity index (χ3n) is 4.60. The Kier molecular flexibility index (Phi) is 2.93. The van der Waals surface area contributed by atoms with Crippen molar-refractivity contribution >= 4 is 10.9 Å². The maximum atomic E-state index is 12.6. The monoisotopic (exact) mass is 365 g/mol. The number of hydrogen-bond acceptors (Lipinski definition) is 5. The Morgan fingerprint density at radius 2 is 1.37 bits per heavy atom. The maximum absolute atomic E-state index is 12.6. The highest BCUT2D eigenvalue weighted by Gasteiger charge is 2.36. The van der Waals surface area contributed by atoms with Crippen molar-refractivity contribution in [3.05, 3.63) is 88.8 Å². The van der Waals surface area contributed by atoms with Gasteiger partial charge in [-0.15, -0.1) is 0 Å². The first kappa shape index (κ1) is 15.2. The zero-order valence-electron chi connectivity index (χ0n) is 13.5. The van der Waals surface area contributed by atoms with E-state index in [2.05, 4.69) is 24.9 Å². The molecule has 0 unspecified atom stereocenters. The fourth-order valence-electron chi connectivity index (χ4n) is 3.53. The van der Waals surface area contributed by atoms with E-state index >= 15 is 0 Å². The molecule has 4 aromatic rings. The fourth-order valence-corrected chi connectivity index (χ4v) is 3.53. The van der Waals surface area contributed by atoms with Gasteiger partial charge in [0, 0.05) is 17.1 Å². The minimum absolute atomic E-state index is 0.0735. The van der Waals surface area contributed by atoms with Gasteiger partial charge >= 0.3 is 11.4 Å². The molecule has 1 aromatic carbocycles. The third-order valence-corrected chi connectivity index (χ3v) is 4.60. The van der Waals surface area contributed by atoms with Gasteiger partial charge in [0.05, 0.1) is 17.0 Å². The van der Waals surface area contributed by atoms with Crippen LogP contribution in [0.1, 0.15) is 22.6 Å². The molecule has 0 saturated carbocycles. The van der Waals surface area contributed by atoms with Crippen LogP contribution in [0.3, 0.4) is 0 Å². The minimum Gasteiger partial charge on any atom is -0.423 e. The molecule has 0 spiro atoms. The van der Waals surface area contributed by atoms with Gasteiger partial charge in [0.2, 0.25) is 11.8 Å². The summed E-state index contributed by atoms with van der Waals surface area (Å²) in [5.41, 5.74) is -1.29. The van der Waals surface area contributed by atoms with E-state index in [9.17, 15) is 19.2 Å². The summed E-state index contributed by atoms with van der Waals surface area (Å²) in [5, 5.41) is 0.789. The molecule has 5 N–H and O–H groups in total. The van der Waals surface area contributed by atoms with Crippen LogP contribution in [0, 0.1) is 0 Å². The molecule has 27 heavy (non-hydrogen) atoms. The van der Waals surface area contributed by atoms with E-state index in [1.165, 1.54) is 0 Å². The van der Waals surface area contributed by atoms with Gasteiger partial charge in [-0.2, -0.15) is 0 Å². The first-order valence-corrected chi connectivity index (χ1v) is 8.00. The van der Waals surface area contributed by atoms with Gasteiger partial charge in [0.15, 0.2) is 0 Å². The van der Waals surface area contributed by atoms with Gasteiger partial charge in [0.1, 0.15) is 0 Å². The lowest BCUT2D eigenvalue weighted by molar-refractivity contribution is 0.405. The van der Waals surface area contributed by atoms with E-state index in [4.69, 9.17) is 4.74 Å². The van der Waals surface area contributed by atoms with E-state index in [0.29, 0.717) is 5.56 Å². The normalized spacial score (nSPS) is 13.2. The molecule has 1 aliphatic heterocycles. The number of hydrogen-bond donors (Lipinski definition) is 5. The average Bonchev–Trinajstić information content (AvgIpc) is 3.03. The lowest BCUT2D eigenvalue weighted by atomic mass is 9.85. The summed E-state index contributed by atoms with van der Waals surface area (Å²) >= 11 is 0. The molecule has 4 heterocycles. The number of ether oxygens (including phenoxy) is 1. The van der Waals surface area contributed by atoms with Crippen LogP contribution in [0.25, 0.3) is 10.9 Å². The van der Waals surface area contributed by atoms with Gasteiger partial charge in [0.25, 0.3) is 11.1 Å². The first-order valence-electron chi connectivity index (χ1n) is 8.00. The summed E-state index contributed by atoms with van der Waals surface area (Å²) in [6.07, 6.45) is 1.68.